The summed E-state index contributed by atoms with van der Waals surface area (Å²) < 4.78 is 29.7. The molecule has 2 rings (SSSR count). The smallest absolute Gasteiger partial charge is 0.339 e. The predicted molar refractivity (Wildman–Crippen MR) is 97.4 cm³/mol. The Balaban J connectivity index is 2.11. The predicted octanol–water partition coefficient (Wildman–Crippen LogP) is 4.37. The van der Waals surface area contributed by atoms with E-state index in [9.17, 15) is 13.2 Å². The zero-order chi connectivity index (χ0) is 17.6. The molecular formula is C18H19BrO4S. The van der Waals surface area contributed by atoms with Crippen molar-refractivity contribution in [1.82, 2.24) is 0 Å². The van der Waals surface area contributed by atoms with Crippen LogP contribution < -0.4 is 4.18 Å². The first kappa shape index (κ1) is 18.7. The van der Waals surface area contributed by atoms with Gasteiger partial charge in [0.15, 0.2) is 5.78 Å². The van der Waals surface area contributed by atoms with Gasteiger partial charge in [-0.25, -0.2) is 0 Å². The lowest BCUT2D eigenvalue weighted by molar-refractivity contribution is 0.102. The second-order valence-corrected chi connectivity index (χ2v) is 7.47. The number of carbonyl (C=O) groups excluding carboxylic acids is 1. The number of hydrogen-bond acceptors (Lipinski definition) is 4. The van der Waals surface area contributed by atoms with Crippen molar-refractivity contribution in [3.63, 3.8) is 0 Å². The van der Waals surface area contributed by atoms with Crippen molar-refractivity contribution < 1.29 is 17.4 Å². The number of halogens is 1. The maximum Gasteiger partial charge on any atom is 0.339 e. The van der Waals surface area contributed by atoms with Gasteiger partial charge in [0, 0.05) is 5.56 Å². The van der Waals surface area contributed by atoms with Crippen molar-refractivity contribution >= 4 is 31.8 Å². The van der Waals surface area contributed by atoms with Gasteiger partial charge in [-0.2, -0.15) is 8.42 Å². The van der Waals surface area contributed by atoms with Crippen LogP contribution in [0.5, 0.6) is 5.75 Å². The molecule has 0 atom stereocenters. The molecule has 4 nitrogen and oxygen atoms in total. The highest BCUT2D eigenvalue weighted by atomic mass is 79.9. The normalized spacial score (nSPS) is 11.2. The van der Waals surface area contributed by atoms with Gasteiger partial charge < -0.3 is 4.18 Å². The highest BCUT2D eigenvalue weighted by Gasteiger charge is 2.16. The molecule has 0 N–H and O–H groups in total. The summed E-state index contributed by atoms with van der Waals surface area (Å²) in [6.45, 7) is 2.11. The number of hydrogen-bond donors (Lipinski definition) is 0. The number of alkyl halides is 1. The summed E-state index contributed by atoms with van der Waals surface area (Å²) in [7, 11) is -3.88. The molecule has 0 aromatic heterocycles. The fourth-order valence-electron chi connectivity index (χ4n) is 2.15. The Morgan fingerprint density at radius 2 is 1.67 bits per heavy atom. The van der Waals surface area contributed by atoms with Crippen molar-refractivity contribution in [3.8, 4) is 5.75 Å². The Morgan fingerprint density at radius 1 is 1.04 bits per heavy atom. The number of carbonyl (C=O) groups is 1. The molecule has 0 saturated carbocycles. The fraction of sp³-hybridized carbons (Fsp3) is 0.278. The van der Waals surface area contributed by atoms with Crippen LogP contribution >= 0.6 is 15.9 Å². The van der Waals surface area contributed by atoms with E-state index in [1.807, 2.05) is 12.1 Å². The summed E-state index contributed by atoms with van der Waals surface area (Å²) in [6.07, 6.45) is 3.10. The van der Waals surface area contributed by atoms with Crippen molar-refractivity contribution in [2.45, 2.75) is 31.1 Å². The third-order valence-electron chi connectivity index (χ3n) is 3.53. The molecular weight excluding hydrogens is 392 g/mol. The van der Waals surface area contributed by atoms with E-state index in [0.29, 0.717) is 5.56 Å². The number of aryl methyl sites for hydroxylation is 1. The van der Waals surface area contributed by atoms with E-state index in [2.05, 4.69) is 22.9 Å². The third kappa shape index (κ3) is 4.92. The van der Waals surface area contributed by atoms with Crippen LogP contribution in [0.3, 0.4) is 0 Å². The van der Waals surface area contributed by atoms with Gasteiger partial charge in [-0.3, -0.25) is 4.79 Å². The minimum absolute atomic E-state index is 0.0768. The van der Waals surface area contributed by atoms with Crippen LogP contribution in [0.4, 0.5) is 0 Å². The molecule has 6 heteroatoms. The minimum atomic E-state index is -3.88. The van der Waals surface area contributed by atoms with Gasteiger partial charge >= 0.3 is 10.1 Å². The van der Waals surface area contributed by atoms with Gasteiger partial charge in [0.2, 0.25) is 0 Å². The summed E-state index contributed by atoms with van der Waals surface area (Å²) >= 11 is 3.09. The summed E-state index contributed by atoms with van der Waals surface area (Å²) in [5.41, 5.74) is 1.60. The number of unbranched alkanes of at least 4 members (excludes halogenated alkanes) is 1. The average molecular weight is 411 g/mol. The lowest BCUT2D eigenvalue weighted by atomic mass is 10.1. The minimum Gasteiger partial charge on any atom is -0.379 e. The molecule has 0 radical (unpaired) electrons. The molecule has 2 aromatic carbocycles. The lowest BCUT2D eigenvalue weighted by Crippen LogP contribution is -2.10. The van der Waals surface area contributed by atoms with Crippen LogP contribution in [0.15, 0.2) is 53.4 Å². The maximum atomic E-state index is 12.3. The first-order valence-electron chi connectivity index (χ1n) is 7.69. The summed E-state index contributed by atoms with van der Waals surface area (Å²) in [6, 6.07) is 12.8. The molecule has 128 valence electrons. The molecule has 0 spiro atoms. The zero-order valence-corrected chi connectivity index (χ0v) is 15.8. The Kier molecular flexibility index (Phi) is 6.57. The number of ketones is 1. The maximum absolute atomic E-state index is 12.3. The molecule has 0 aliphatic heterocycles. The topological polar surface area (TPSA) is 60.4 Å². The second kappa shape index (κ2) is 8.44. The number of rotatable bonds is 8. The Hall–Kier alpha value is -1.66. The number of Topliss-reactive ketones (excluding diaryl/α,β-unsaturated/α-hetero) is 1. The van der Waals surface area contributed by atoms with E-state index in [1.54, 1.807) is 24.3 Å². The Bertz CT molecular complexity index is 781. The zero-order valence-electron chi connectivity index (χ0n) is 13.4. The fourth-order valence-corrected chi connectivity index (χ4v) is 3.41. The first-order chi connectivity index (χ1) is 11.5. The Morgan fingerprint density at radius 3 is 2.21 bits per heavy atom. The molecule has 0 amide bonds. The quantitative estimate of drug-likeness (QED) is 0.368. The van der Waals surface area contributed by atoms with Crippen molar-refractivity contribution in [1.29, 1.82) is 0 Å². The SMILES string of the molecule is CCCCc1ccc(S(=O)(=O)Oc2ccc(C(=O)CBr)cc2)cc1. The molecule has 0 bridgehead atoms. The van der Waals surface area contributed by atoms with E-state index in [1.165, 1.54) is 12.1 Å². The number of benzene rings is 2. The van der Waals surface area contributed by atoms with Gasteiger partial charge in [0.1, 0.15) is 10.6 Å². The molecule has 0 saturated heterocycles. The van der Waals surface area contributed by atoms with Crippen LogP contribution in [-0.4, -0.2) is 19.5 Å². The third-order valence-corrected chi connectivity index (χ3v) is 5.31. The molecule has 0 aliphatic carbocycles. The van der Waals surface area contributed by atoms with Crippen molar-refractivity contribution in [2.75, 3.05) is 5.33 Å². The van der Waals surface area contributed by atoms with E-state index < -0.39 is 10.1 Å². The molecule has 24 heavy (non-hydrogen) atoms. The van der Waals surface area contributed by atoms with E-state index >= 15 is 0 Å². The Labute approximate surface area is 151 Å². The largest absolute Gasteiger partial charge is 0.379 e. The summed E-state index contributed by atoms with van der Waals surface area (Å²) in [5.74, 6) is 0.100. The lowest BCUT2D eigenvalue weighted by Gasteiger charge is -2.08. The van der Waals surface area contributed by atoms with Crippen molar-refractivity contribution in [3.05, 3.63) is 59.7 Å². The molecule has 0 fully saturated rings. The van der Waals surface area contributed by atoms with E-state index in [4.69, 9.17) is 4.18 Å². The van der Waals surface area contributed by atoms with Crippen LogP contribution in [0, 0.1) is 0 Å². The van der Waals surface area contributed by atoms with Gasteiger partial charge in [-0.05, 0) is 54.8 Å². The van der Waals surface area contributed by atoms with Crippen LogP contribution in [-0.2, 0) is 16.5 Å². The van der Waals surface area contributed by atoms with Crippen LogP contribution in [0.2, 0.25) is 0 Å². The summed E-state index contributed by atoms with van der Waals surface area (Å²) in [5, 5.41) is 0.218. The molecule has 0 aliphatic rings. The monoisotopic (exact) mass is 410 g/mol. The van der Waals surface area contributed by atoms with Crippen molar-refractivity contribution in [2.24, 2.45) is 0 Å². The average Bonchev–Trinajstić information content (AvgIpc) is 2.60. The first-order valence-corrected chi connectivity index (χ1v) is 10.2. The highest BCUT2D eigenvalue weighted by molar-refractivity contribution is 9.09. The second-order valence-electron chi connectivity index (χ2n) is 5.37. The van der Waals surface area contributed by atoms with Gasteiger partial charge in [0.25, 0.3) is 0 Å². The standard InChI is InChI=1S/C18H19BrO4S/c1-2-3-4-14-5-11-17(12-6-14)24(21,22)23-16-9-7-15(8-10-16)18(20)13-19/h5-12H,2-4,13H2,1H3. The van der Waals surface area contributed by atoms with Gasteiger partial charge in [0.05, 0.1) is 5.33 Å². The van der Waals surface area contributed by atoms with E-state index in [0.717, 1.165) is 24.8 Å². The van der Waals surface area contributed by atoms with Gasteiger partial charge in [-0.15, -0.1) is 0 Å². The molecule has 0 unspecified atom stereocenters. The van der Waals surface area contributed by atoms with Crippen LogP contribution in [0.25, 0.3) is 0 Å². The van der Waals surface area contributed by atoms with Gasteiger partial charge in [-0.1, -0.05) is 41.4 Å². The summed E-state index contributed by atoms with van der Waals surface area (Å²) in [4.78, 5) is 11.6. The molecule has 2 aromatic rings. The highest BCUT2D eigenvalue weighted by Crippen LogP contribution is 2.20. The van der Waals surface area contributed by atoms with Crippen LogP contribution in [0.1, 0.15) is 35.7 Å². The molecule has 0 heterocycles. The van der Waals surface area contributed by atoms with E-state index in [-0.39, 0.29) is 21.8 Å².